The van der Waals surface area contributed by atoms with Crippen molar-refractivity contribution < 1.29 is 19.7 Å². The van der Waals surface area contributed by atoms with E-state index in [-0.39, 0.29) is 13.0 Å². The number of ether oxygens (including phenoxy) is 1. The fraction of sp³-hybridized carbons (Fsp3) is 0.800. The molecule has 0 saturated carbocycles. The van der Waals surface area contributed by atoms with Gasteiger partial charge in [0.1, 0.15) is 12.2 Å². The predicted molar refractivity (Wildman–Crippen MR) is 27.6 cm³/mol. The fourth-order valence-corrected chi connectivity index (χ4v) is 0.687. The Morgan fingerprint density at radius 1 is 1.78 bits per heavy atom. The smallest absolute Gasteiger partial charge is 0.309 e. The highest BCUT2D eigenvalue weighted by molar-refractivity contribution is 5.73. The zero-order valence-electron chi connectivity index (χ0n) is 4.83. The number of aliphatic hydroxyl groups excluding tert-OH is 1. The summed E-state index contributed by atoms with van der Waals surface area (Å²) < 4.78 is 4.41. The van der Waals surface area contributed by atoms with Crippen LogP contribution >= 0.6 is 0 Å². The Labute approximate surface area is 52.1 Å². The molecule has 1 aliphatic heterocycles. The molecule has 1 rings (SSSR count). The van der Waals surface area contributed by atoms with Gasteiger partial charge in [0, 0.05) is 0 Å². The van der Waals surface area contributed by atoms with Gasteiger partial charge in [-0.25, -0.2) is 0 Å². The highest BCUT2D eigenvalue weighted by atomic mass is 16.6. The molecular weight excluding hydrogens is 124 g/mol. The van der Waals surface area contributed by atoms with Gasteiger partial charge in [-0.05, 0) is 0 Å². The van der Waals surface area contributed by atoms with Crippen molar-refractivity contribution in [1.82, 2.24) is 0 Å². The van der Waals surface area contributed by atoms with E-state index < -0.39 is 18.2 Å². The molecule has 1 unspecified atom stereocenters. The molecule has 2 N–H and O–H groups in total. The second kappa shape index (κ2) is 1.97. The molecule has 1 heterocycles. The van der Waals surface area contributed by atoms with Crippen LogP contribution in [0, 0.1) is 0 Å². The minimum atomic E-state index is -1.31. The van der Waals surface area contributed by atoms with Crippen molar-refractivity contribution >= 4 is 5.97 Å². The Balaban J connectivity index is 2.54. The Bertz CT molecular complexity index is 133. The molecule has 0 bridgehead atoms. The zero-order valence-corrected chi connectivity index (χ0v) is 4.83. The highest BCUT2D eigenvalue weighted by Gasteiger charge is 2.37. The van der Waals surface area contributed by atoms with Crippen LogP contribution in [0.4, 0.5) is 0 Å². The Hall–Kier alpha value is -0.610. The first-order chi connectivity index (χ1) is 4.16. The molecule has 1 atom stereocenters. The van der Waals surface area contributed by atoms with Crippen molar-refractivity contribution in [3.63, 3.8) is 0 Å². The van der Waals surface area contributed by atoms with E-state index in [1.165, 1.54) is 0 Å². The lowest BCUT2D eigenvalue weighted by Crippen LogP contribution is -2.33. The van der Waals surface area contributed by atoms with Gasteiger partial charge < -0.3 is 14.9 Å². The Morgan fingerprint density at radius 2 is 2.44 bits per heavy atom. The summed E-state index contributed by atoms with van der Waals surface area (Å²) in [5, 5.41) is 17.5. The van der Waals surface area contributed by atoms with Gasteiger partial charge in [-0.1, -0.05) is 0 Å². The van der Waals surface area contributed by atoms with E-state index in [2.05, 4.69) is 4.74 Å². The second-order valence-electron chi connectivity index (χ2n) is 2.22. The Kier molecular flexibility index (Phi) is 1.42. The van der Waals surface area contributed by atoms with E-state index in [1.54, 1.807) is 0 Å². The summed E-state index contributed by atoms with van der Waals surface area (Å²) >= 11 is 0. The van der Waals surface area contributed by atoms with E-state index >= 15 is 0 Å². The molecule has 0 aromatic carbocycles. The number of aliphatic hydroxyl groups is 2. The van der Waals surface area contributed by atoms with E-state index in [0.29, 0.717) is 0 Å². The minimum Gasteiger partial charge on any atom is -0.462 e. The molecule has 0 aromatic heterocycles. The standard InChI is InChI=1S/C5H8O4/c6-2-5(8)1-4(7)9-3-5/h6,8H,1-3H2. The fourth-order valence-electron chi connectivity index (χ4n) is 0.687. The van der Waals surface area contributed by atoms with Crippen LogP contribution in [0.2, 0.25) is 0 Å². The molecule has 1 aliphatic rings. The lowest BCUT2D eigenvalue weighted by molar-refractivity contribution is -0.137. The third-order valence-corrected chi connectivity index (χ3v) is 1.27. The van der Waals surface area contributed by atoms with E-state index in [4.69, 9.17) is 10.2 Å². The largest absolute Gasteiger partial charge is 0.462 e. The molecule has 1 saturated heterocycles. The highest BCUT2D eigenvalue weighted by Crippen LogP contribution is 2.17. The van der Waals surface area contributed by atoms with Crippen molar-refractivity contribution in [2.45, 2.75) is 12.0 Å². The summed E-state index contributed by atoms with van der Waals surface area (Å²) in [6, 6.07) is 0. The monoisotopic (exact) mass is 132 g/mol. The maximum absolute atomic E-state index is 10.3. The second-order valence-corrected chi connectivity index (χ2v) is 2.22. The van der Waals surface area contributed by atoms with Crippen LogP contribution in [0.25, 0.3) is 0 Å². The zero-order chi connectivity index (χ0) is 6.91. The number of hydrogen-bond acceptors (Lipinski definition) is 4. The third-order valence-electron chi connectivity index (χ3n) is 1.27. The van der Waals surface area contributed by atoms with Gasteiger partial charge in [0.15, 0.2) is 0 Å². The van der Waals surface area contributed by atoms with Crippen LogP contribution in [0.5, 0.6) is 0 Å². The molecular formula is C5H8O4. The summed E-state index contributed by atoms with van der Waals surface area (Å²) in [5.41, 5.74) is -1.31. The molecule has 0 radical (unpaired) electrons. The first-order valence-electron chi connectivity index (χ1n) is 2.65. The molecule has 0 amide bonds. The van der Waals surface area contributed by atoms with Crippen molar-refractivity contribution in [2.75, 3.05) is 13.2 Å². The topological polar surface area (TPSA) is 66.8 Å². The van der Waals surface area contributed by atoms with Gasteiger partial charge in [0.2, 0.25) is 0 Å². The first-order valence-corrected chi connectivity index (χ1v) is 2.65. The Morgan fingerprint density at radius 3 is 2.67 bits per heavy atom. The molecule has 52 valence electrons. The van der Waals surface area contributed by atoms with Gasteiger partial charge in [-0.3, -0.25) is 4.79 Å². The van der Waals surface area contributed by atoms with Crippen LogP contribution in [0.3, 0.4) is 0 Å². The summed E-state index contributed by atoms with van der Waals surface area (Å²) in [7, 11) is 0. The molecule has 9 heavy (non-hydrogen) atoms. The molecule has 1 fully saturated rings. The van der Waals surface area contributed by atoms with Crippen LogP contribution < -0.4 is 0 Å². The van der Waals surface area contributed by atoms with Crippen molar-refractivity contribution in [3.05, 3.63) is 0 Å². The van der Waals surface area contributed by atoms with Crippen molar-refractivity contribution in [3.8, 4) is 0 Å². The number of cyclic esters (lactones) is 1. The summed E-state index contributed by atoms with van der Waals surface area (Å²) in [6.45, 7) is -0.499. The average Bonchev–Trinajstić information content (AvgIpc) is 2.13. The third kappa shape index (κ3) is 1.20. The summed E-state index contributed by atoms with van der Waals surface area (Å²) in [6.07, 6.45) is -0.0938. The average molecular weight is 132 g/mol. The number of rotatable bonds is 1. The maximum Gasteiger partial charge on any atom is 0.309 e. The molecule has 0 aromatic rings. The number of carbonyl (C=O) groups is 1. The summed E-state index contributed by atoms with van der Waals surface area (Å²) in [5.74, 6) is -0.452. The lowest BCUT2D eigenvalue weighted by atomic mass is 10.1. The normalized spacial score (nSPS) is 34.7. The van der Waals surface area contributed by atoms with Crippen molar-refractivity contribution in [1.29, 1.82) is 0 Å². The molecule has 4 heteroatoms. The molecule has 4 nitrogen and oxygen atoms in total. The van der Waals surface area contributed by atoms with Crippen LogP contribution in [0.15, 0.2) is 0 Å². The van der Waals surface area contributed by atoms with E-state index in [1.807, 2.05) is 0 Å². The van der Waals surface area contributed by atoms with Gasteiger partial charge in [-0.15, -0.1) is 0 Å². The van der Waals surface area contributed by atoms with Gasteiger partial charge in [-0.2, -0.15) is 0 Å². The maximum atomic E-state index is 10.3. The van der Waals surface area contributed by atoms with Gasteiger partial charge >= 0.3 is 5.97 Å². The lowest BCUT2D eigenvalue weighted by Gasteiger charge is -2.12. The SMILES string of the molecule is O=C1CC(O)(CO)CO1. The van der Waals surface area contributed by atoms with Gasteiger partial charge in [0.25, 0.3) is 0 Å². The van der Waals surface area contributed by atoms with Crippen LogP contribution in [0.1, 0.15) is 6.42 Å². The molecule has 0 spiro atoms. The minimum absolute atomic E-state index is 0.0810. The quantitative estimate of drug-likeness (QED) is 0.433. The van der Waals surface area contributed by atoms with Crippen LogP contribution in [-0.4, -0.2) is 35.0 Å². The summed E-state index contributed by atoms with van der Waals surface area (Å²) in [4.78, 5) is 10.3. The van der Waals surface area contributed by atoms with Crippen molar-refractivity contribution in [2.24, 2.45) is 0 Å². The predicted octanol–water partition coefficient (Wildman–Crippen LogP) is -1.34. The van der Waals surface area contributed by atoms with E-state index in [9.17, 15) is 4.79 Å². The molecule has 0 aliphatic carbocycles. The number of carbonyl (C=O) groups excluding carboxylic acids is 1. The number of esters is 1. The first kappa shape index (κ1) is 6.51. The van der Waals surface area contributed by atoms with E-state index in [0.717, 1.165) is 0 Å². The number of hydrogen-bond donors (Lipinski definition) is 2. The van der Waals surface area contributed by atoms with Gasteiger partial charge in [0.05, 0.1) is 13.0 Å². The van der Waals surface area contributed by atoms with Crippen LogP contribution in [-0.2, 0) is 9.53 Å².